The topological polar surface area (TPSA) is 65.3 Å². The lowest BCUT2D eigenvalue weighted by Gasteiger charge is -2.07. The zero-order valence-corrected chi connectivity index (χ0v) is 12.3. The Hall–Kier alpha value is -3.21. The Morgan fingerprint density at radius 3 is 2.39 bits per heavy atom. The van der Waals surface area contributed by atoms with Crippen molar-refractivity contribution in [2.24, 2.45) is 0 Å². The highest BCUT2D eigenvalue weighted by molar-refractivity contribution is 5.72. The van der Waals surface area contributed by atoms with E-state index in [1.54, 1.807) is 36.5 Å². The van der Waals surface area contributed by atoms with Crippen LogP contribution in [0.2, 0.25) is 0 Å². The number of para-hydroxylation sites is 1. The molecule has 3 aromatic rings. The van der Waals surface area contributed by atoms with Crippen molar-refractivity contribution in [2.75, 3.05) is 0 Å². The molecule has 0 aliphatic heterocycles. The normalized spacial score (nSPS) is 10.3. The molecule has 5 nitrogen and oxygen atoms in total. The molecule has 0 atom stereocenters. The van der Waals surface area contributed by atoms with E-state index in [1.807, 2.05) is 30.3 Å². The second-order valence-corrected chi connectivity index (χ2v) is 4.93. The molecular weight excluding hydrogens is 292 g/mol. The second-order valence-electron chi connectivity index (χ2n) is 4.93. The summed E-state index contributed by atoms with van der Waals surface area (Å²) in [5.74, 6) is 0.483. The van der Waals surface area contributed by atoms with Crippen molar-refractivity contribution in [3.05, 3.63) is 88.6 Å². The molecule has 0 bridgehead atoms. The second kappa shape index (κ2) is 6.70. The van der Waals surface area contributed by atoms with Crippen molar-refractivity contribution in [1.82, 2.24) is 4.98 Å². The number of nitro groups is 1. The van der Waals surface area contributed by atoms with Crippen LogP contribution in [0.1, 0.15) is 5.56 Å². The molecule has 1 heterocycles. The standard InChI is InChI=1S/C18H14N2O3/c21-20(22)17-9-5-4-8-16(17)15-10-11-18(19-12-15)23-13-14-6-2-1-3-7-14/h1-12H,13H2. The predicted octanol–water partition coefficient (Wildman–Crippen LogP) is 4.24. The fourth-order valence-electron chi connectivity index (χ4n) is 2.23. The third-order valence-electron chi connectivity index (χ3n) is 3.38. The lowest BCUT2D eigenvalue weighted by atomic mass is 10.1. The highest BCUT2D eigenvalue weighted by Crippen LogP contribution is 2.29. The van der Waals surface area contributed by atoms with Gasteiger partial charge in [0.25, 0.3) is 5.69 Å². The summed E-state index contributed by atoms with van der Waals surface area (Å²) in [4.78, 5) is 14.9. The molecule has 0 fully saturated rings. The molecule has 0 saturated heterocycles. The van der Waals surface area contributed by atoms with Crippen LogP contribution in [0.15, 0.2) is 72.9 Å². The summed E-state index contributed by atoms with van der Waals surface area (Å²) in [5, 5.41) is 11.1. The molecule has 0 unspecified atom stereocenters. The molecule has 3 rings (SSSR count). The summed E-state index contributed by atoms with van der Waals surface area (Å²) < 4.78 is 5.62. The molecule has 1 aromatic heterocycles. The van der Waals surface area contributed by atoms with Crippen LogP contribution in [-0.2, 0) is 6.61 Å². The number of benzene rings is 2. The van der Waals surface area contributed by atoms with Crippen LogP contribution in [0, 0.1) is 10.1 Å². The summed E-state index contributed by atoms with van der Waals surface area (Å²) in [6.07, 6.45) is 1.59. The van der Waals surface area contributed by atoms with Gasteiger partial charge in [0.05, 0.1) is 10.5 Å². The fourth-order valence-corrected chi connectivity index (χ4v) is 2.23. The Bertz CT molecular complexity index is 802. The number of hydrogen-bond acceptors (Lipinski definition) is 4. The monoisotopic (exact) mass is 306 g/mol. The first-order valence-electron chi connectivity index (χ1n) is 7.10. The van der Waals surface area contributed by atoms with Crippen LogP contribution in [0.25, 0.3) is 11.1 Å². The Morgan fingerprint density at radius 1 is 0.957 bits per heavy atom. The number of nitrogens with zero attached hydrogens (tertiary/aromatic N) is 2. The number of nitro benzene ring substituents is 1. The van der Waals surface area contributed by atoms with Gasteiger partial charge in [0.2, 0.25) is 5.88 Å². The predicted molar refractivity (Wildman–Crippen MR) is 87.1 cm³/mol. The molecule has 0 spiro atoms. The van der Waals surface area contributed by atoms with Crippen molar-refractivity contribution >= 4 is 5.69 Å². The Labute approximate surface area is 133 Å². The van der Waals surface area contributed by atoms with Gasteiger partial charge in [-0.15, -0.1) is 0 Å². The first kappa shape index (κ1) is 14.7. The number of aromatic nitrogens is 1. The van der Waals surface area contributed by atoms with Crippen LogP contribution in [-0.4, -0.2) is 9.91 Å². The van der Waals surface area contributed by atoms with E-state index in [4.69, 9.17) is 4.74 Å². The molecule has 114 valence electrons. The van der Waals surface area contributed by atoms with Crippen molar-refractivity contribution in [3.8, 4) is 17.0 Å². The van der Waals surface area contributed by atoms with Crippen LogP contribution in [0.4, 0.5) is 5.69 Å². The average Bonchev–Trinajstić information content (AvgIpc) is 2.61. The third-order valence-corrected chi connectivity index (χ3v) is 3.38. The van der Waals surface area contributed by atoms with E-state index in [9.17, 15) is 10.1 Å². The molecule has 0 amide bonds. The molecule has 0 radical (unpaired) electrons. The van der Waals surface area contributed by atoms with Gasteiger partial charge in [0.15, 0.2) is 0 Å². The molecule has 0 saturated carbocycles. The SMILES string of the molecule is O=[N+]([O-])c1ccccc1-c1ccc(OCc2ccccc2)nc1. The Kier molecular flexibility index (Phi) is 4.29. The van der Waals surface area contributed by atoms with Crippen LogP contribution >= 0.6 is 0 Å². The quantitative estimate of drug-likeness (QED) is 0.522. The summed E-state index contributed by atoms with van der Waals surface area (Å²) in [5.41, 5.74) is 2.34. The largest absolute Gasteiger partial charge is 0.473 e. The van der Waals surface area contributed by atoms with Gasteiger partial charge in [-0.25, -0.2) is 4.98 Å². The van der Waals surface area contributed by atoms with Gasteiger partial charge in [-0.05, 0) is 17.7 Å². The maximum atomic E-state index is 11.1. The smallest absolute Gasteiger partial charge is 0.277 e. The summed E-state index contributed by atoms with van der Waals surface area (Å²) >= 11 is 0. The molecule has 2 aromatic carbocycles. The lowest BCUT2D eigenvalue weighted by Crippen LogP contribution is -1.97. The van der Waals surface area contributed by atoms with Gasteiger partial charge < -0.3 is 4.74 Å². The summed E-state index contributed by atoms with van der Waals surface area (Å²) in [6, 6.07) is 19.9. The first-order valence-corrected chi connectivity index (χ1v) is 7.10. The number of ether oxygens (including phenoxy) is 1. The van der Waals surface area contributed by atoms with Crippen LogP contribution in [0.3, 0.4) is 0 Å². The third kappa shape index (κ3) is 3.52. The van der Waals surface area contributed by atoms with Gasteiger partial charge in [-0.1, -0.05) is 42.5 Å². The van der Waals surface area contributed by atoms with E-state index in [0.29, 0.717) is 23.6 Å². The molecule has 0 N–H and O–H groups in total. The number of rotatable bonds is 5. The lowest BCUT2D eigenvalue weighted by molar-refractivity contribution is -0.384. The van der Waals surface area contributed by atoms with E-state index in [-0.39, 0.29) is 5.69 Å². The van der Waals surface area contributed by atoms with Gasteiger partial charge in [0.1, 0.15) is 6.61 Å². The van der Waals surface area contributed by atoms with Crippen LogP contribution in [0.5, 0.6) is 5.88 Å². The van der Waals surface area contributed by atoms with E-state index in [1.165, 1.54) is 6.07 Å². The van der Waals surface area contributed by atoms with Crippen molar-refractivity contribution in [2.45, 2.75) is 6.61 Å². The minimum atomic E-state index is -0.394. The Morgan fingerprint density at radius 2 is 1.70 bits per heavy atom. The molecule has 0 aliphatic rings. The molecule has 0 aliphatic carbocycles. The maximum Gasteiger partial charge on any atom is 0.277 e. The van der Waals surface area contributed by atoms with E-state index in [2.05, 4.69) is 4.98 Å². The van der Waals surface area contributed by atoms with Gasteiger partial charge in [-0.3, -0.25) is 10.1 Å². The fraction of sp³-hybridized carbons (Fsp3) is 0.0556. The molecule has 23 heavy (non-hydrogen) atoms. The minimum absolute atomic E-state index is 0.0623. The molecular formula is C18H14N2O3. The minimum Gasteiger partial charge on any atom is -0.473 e. The average molecular weight is 306 g/mol. The highest BCUT2D eigenvalue weighted by atomic mass is 16.6. The zero-order chi connectivity index (χ0) is 16.1. The van der Waals surface area contributed by atoms with Gasteiger partial charge >= 0.3 is 0 Å². The summed E-state index contributed by atoms with van der Waals surface area (Å²) in [7, 11) is 0. The first-order chi connectivity index (χ1) is 11.2. The highest BCUT2D eigenvalue weighted by Gasteiger charge is 2.14. The van der Waals surface area contributed by atoms with Gasteiger partial charge in [0, 0.05) is 23.9 Å². The van der Waals surface area contributed by atoms with Crippen molar-refractivity contribution < 1.29 is 9.66 Å². The summed E-state index contributed by atoms with van der Waals surface area (Å²) in [6.45, 7) is 0.429. The van der Waals surface area contributed by atoms with E-state index >= 15 is 0 Å². The van der Waals surface area contributed by atoms with Crippen molar-refractivity contribution in [3.63, 3.8) is 0 Å². The number of pyridine rings is 1. The van der Waals surface area contributed by atoms with Crippen LogP contribution < -0.4 is 4.74 Å². The zero-order valence-electron chi connectivity index (χ0n) is 12.3. The number of hydrogen-bond donors (Lipinski definition) is 0. The van der Waals surface area contributed by atoms with E-state index in [0.717, 1.165) is 5.56 Å². The van der Waals surface area contributed by atoms with Crippen molar-refractivity contribution in [1.29, 1.82) is 0 Å². The van der Waals surface area contributed by atoms with Gasteiger partial charge in [-0.2, -0.15) is 0 Å². The Balaban J connectivity index is 1.76. The molecule has 5 heteroatoms. The maximum absolute atomic E-state index is 11.1. The van der Waals surface area contributed by atoms with E-state index < -0.39 is 4.92 Å².